The van der Waals surface area contributed by atoms with Gasteiger partial charge in [0.25, 0.3) is 5.91 Å². The third-order valence-electron chi connectivity index (χ3n) is 5.20. The lowest BCUT2D eigenvalue weighted by atomic mass is 10.1. The fourth-order valence-corrected chi connectivity index (χ4v) is 4.36. The first-order valence-electron chi connectivity index (χ1n) is 10.6. The van der Waals surface area contributed by atoms with Gasteiger partial charge in [0, 0.05) is 17.5 Å². The van der Waals surface area contributed by atoms with Gasteiger partial charge in [-0.2, -0.15) is 5.10 Å². The maximum absolute atomic E-state index is 12.9. The fraction of sp³-hybridized carbons (Fsp3) is 0.240. The van der Waals surface area contributed by atoms with E-state index in [0.29, 0.717) is 12.1 Å². The quantitative estimate of drug-likeness (QED) is 0.409. The minimum absolute atomic E-state index is 0.109. The highest BCUT2D eigenvalue weighted by atomic mass is 32.1. The smallest absolute Gasteiger partial charge is 0.254 e. The second kappa shape index (κ2) is 9.78. The average Bonchev–Trinajstić information content (AvgIpc) is 3.47. The zero-order chi connectivity index (χ0) is 22.5. The van der Waals surface area contributed by atoms with Gasteiger partial charge in [-0.3, -0.25) is 4.79 Å². The largest absolute Gasteiger partial charge is 0.497 e. The summed E-state index contributed by atoms with van der Waals surface area (Å²) >= 11 is 1.51. The van der Waals surface area contributed by atoms with Crippen molar-refractivity contribution < 1.29 is 9.53 Å². The molecule has 1 amide bonds. The van der Waals surface area contributed by atoms with Crippen LogP contribution >= 0.6 is 11.3 Å². The average molecular weight is 447 g/mol. The number of benzene rings is 2. The number of nitrogens with one attached hydrogen (secondary N) is 1. The van der Waals surface area contributed by atoms with Gasteiger partial charge >= 0.3 is 0 Å². The number of hydrogen-bond acceptors (Lipinski definition) is 5. The number of carbonyl (C=O) groups excluding carboxylic acids is 1. The van der Waals surface area contributed by atoms with Crippen molar-refractivity contribution in [2.45, 2.75) is 26.2 Å². The molecule has 0 aliphatic carbocycles. The molecule has 6 nitrogen and oxygen atoms in total. The number of nitrogens with zero attached hydrogens (tertiary/aromatic N) is 3. The maximum Gasteiger partial charge on any atom is 0.254 e. The molecule has 0 saturated carbocycles. The predicted molar refractivity (Wildman–Crippen MR) is 128 cm³/mol. The Kier molecular flexibility index (Phi) is 6.66. The van der Waals surface area contributed by atoms with E-state index in [1.807, 2.05) is 47.8 Å². The first kappa shape index (κ1) is 21.8. The van der Waals surface area contributed by atoms with E-state index >= 15 is 0 Å². The van der Waals surface area contributed by atoms with E-state index in [9.17, 15) is 4.79 Å². The first-order chi connectivity index (χ1) is 15.6. The molecular formula is C25H26N4O2S. The molecule has 0 saturated heterocycles. The van der Waals surface area contributed by atoms with Crippen LogP contribution in [0.5, 0.6) is 5.75 Å². The Morgan fingerprint density at radius 3 is 2.56 bits per heavy atom. The molecule has 0 aliphatic heterocycles. The molecule has 32 heavy (non-hydrogen) atoms. The molecule has 0 atom stereocenters. The Labute approximate surface area is 191 Å². The third-order valence-corrected chi connectivity index (χ3v) is 6.02. The highest BCUT2D eigenvalue weighted by Crippen LogP contribution is 2.29. The normalized spacial score (nSPS) is 11.0. The molecule has 164 valence electrons. The molecule has 4 aromatic rings. The van der Waals surface area contributed by atoms with E-state index in [4.69, 9.17) is 9.72 Å². The summed E-state index contributed by atoms with van der Waals surface area (Å²) in [6, 6.07) is 17.9. The standard InChI is InChI=1S/C25H26N4O2S/c1-17(2)23-21(24(30)26-14-13-18-7-5-4-6-8-18)15-27-29(23)25-28-22(16-32-25)19-9-11-20(31-3)12-10-19/h4-12,15-17H,13-14H2,1-3H3,(H,26,30). The zero-order valence-electron chi connectivity index (χ0n) is 18.4. The number of amides is 1. The van der Waals surface area contributed by atoms with Crippen LogP contribution in [0.15, 0.2) is 66.2 Å². The Morgan fingerprint density at radius 1 is 1.12 bits per heavy atom. The molecule has 0 aliphatic rings. The summed E-state index contributed by atoms with van der Waals surface area (Å²) in [6.45, 7) is 4.70. The van der Waals surface area contributed by atoms with Crippen LogP contribution < -0.4 is 10.1 Å². The summed E-state index contributed by atoms with van der Waals surface area (Å²) in [7, 11) is 1.65. The van der Waals surface area contributed by atoms with Crippen LogP contribution in [0.2, 0.25) is 0 Å². The molecule has 0 bridgehead atoms. The molecule has 0 radical (unpaired) electrons. The molecular weight excluding hydrogens is 420 g/mol. The van der Waals surface area contributed by atoms with Gasteiger partial charge in [-0.15, -0.1) is 11.3 Å². The molecule has 2 aromatic heterocycles. The van der Waals surface area contributed by atoms with Crippen molar-refractivity contribution in [2.75, 3.05) is 13.7 Å². The summed E-state index contributed by atoms with van der Waals surface area (Å²) in [6.07, 6.45) is 2.43. The van der Waals surface area contributed by atoms with Crippen LogP contribution in [0.4, 0.5) is 0 Å². The lowest BCUT2D eigenvalue weighted by Gasteiger charge is -2.11. The topological polar surface area (TPSA) is 69.0 Å². The van der Waals surface area contributed by atoms with Crippen LogP contribution in [0.25, 0.3) is 16.4 Å². The first-order valence-corrected chi connectivity index (χ1v) is 11.4. The fourth-order valence-electron chi connectivity index (χ4n) is 3.56. The van der Waals surface area contributed by atoms with E-state index in [1.165, 1.54) is 16.9 Å². The summed E-state index contributed by atoms with van der Waals surface area (Å²) in [4.78, 5) is 17.7. The van der Waals surface area contributed by atoms with E-state index in [0.717, 1.165) is 34.3 Å². The Balaban J connectivity index is 1.53. The SMILES string of the molecule is COc1ccc(-c2csc(-n3ncc(C(=O)NCCc4ccccc4)c3C(C)C)n2)cc1. The third kappa shape index (κ3) is 4.73. The lowest BCUT2D eigenvalue weighted by molar-refractivity contribution is 0.0952. The van der Waals surface area contributed by atoms with Gasteiger partial charge in [-0.25, -0.2) is 9.67 Å². The number of ether oxygens (including phenoxy) is 1. The van der Waals surface area contributed by atoms with Crippen molar-refractivity contribution in [3.05, 3.63) is 83.0 Å². The zero-order valence-corrected chi connectivity index (χ0v) is 19.2. The molecule has 4 rings (SSSR count). The number of methoxy groups -OCH3 is 1. The van der Waals surface area contributed by atoms with E-state index in [-0.39, 0.29) is 11.8 Å². The minimum Gasteiger partial charge on any atom is -0.497 e. The van der Waals surface area contributed by atoms with Crippen molar-refractivity contribution in [1.82, 2.24) is 20.1 Å². The number of hydrogen-bond donors (Lipinski definition) is 1. The second-order valence-electron chi connectivity index (χ2n) is 7.75. The highest BCUT2D eigenvalue weighted by Gasteiger charge is 2.22. The van der Waals surface area contributed by atoms with Crippen molar-refractivity contribution in [3.63, 3.8) is 0 Å². The number of carbonyl (C=O) groups is 1. The number of thiazole rings is 1. The second-order valence-corrected chi connectivity index (χ2v) is 8.58. The summed E-state index contributed by atoms with van der Waals surface area (Å²) in [5.41, 5.74) is 4.52. The van der Waals surface area contributed by atoms with Crippen molar-refractivity contribution >= 4 is 17.2 Å². The van der Waals surface area contributed by atoms with Crippen LogP contribution in [-0.4, -0.2) is 34.3 Å². The van der Waals surface area contributed by atoms with Crippen molar-refractivity contribution in [1.29, 1.82) is 0 Å². The van der Waals surface area contributed by atoms with Gasteiger partial charge in [0.05, 0.1) is 30.3 Å². The Hall–Kier alpha value is -3.45. The van der Waals surface area contributed by atoms with Crippen molar-refractivity contribution in [3.8, 4) is 22.1 Å². The summed E-state index contributed by atoms with van der Waals surface area (Å²) in [5.74, 6) is 0.810. The molecule has 2 aromatic carbocycles. The van der Waals surface area contributed by atoms with Crippen LogP contribution in [0.1, 0.15) is 41.4 Å². The highest BCUT2D eigenvalue weighted by molar-refractivity contribution is 7.12. The predicted octanol–water partition coefficient (Wildman–Crippen LogP) is 5.10. The van der Waals surface area contributed by atoms with Gasteiger partial charge in [0.2, 0.25) is 5.13 Å². The number of aromatic nitrogens is 3. The molecule has 0 fully saturated rings. The van der Waals surface area contributed by atoms with Crippen LogP contribution in [-0.2, 0) is 6.42 Å². The minimum atomic E-state index is -0.109. The molecule has 2 heterocycles. The van der Waals surface area contributed by atoms with Crippen molar-refractivity contribution in [2.24, 2.45) is 0 Å². The summed E-state index contributed by atoms with van der Waals surface area (Å²) in [5, 5.41) is 10.3. The molecule has 1 N–H and O–H groups in total. The van der Waals surface area contributed by atoms with Gasteiger partial charge in [-0.05, 0) is 42.2 Å². The van der Waals surface area contributed by atoms with Gasteiger partial charge in [0.1, 0.15) is 5.75 Å². The maximum atomic E-state index is 12.9. The summed E-state index contributed by atoms with van der Waals surface area (Å²) < 4.78 is 7.02. The number of rotatable bonds is 8. The Bertz CT molecular complexity index is 1180. The van der Waals surface area contributed by atoms with E-state index < -0.39 is 0 Å². The van der Waals surface area contributed by atoms with Crippen LogP contribution in [0, 0.1) is 0 Å². The molecule has 7 heteroatoms. The molecule has 0 spiro atoms. The van der Waals surface area contributed by atoms with Gasteiger partial charge in [0.15, 0.2) is 0 Å². The van der Waals surface area contributed by atoms with Gasteiger partial charge in [-0.1, -0.05) is 44.2 Å². The Morgan fingerprint density at radius 2 is 1.88 bits per heavy atom. The van der Waals surface area contributed by atoms with E-state index in [1.54, 1.807) is 18.0 Å². The van der Waals surface area contributed by atoms with Gasteiger partial charge < -0.3 is 10.1 Å². The lowest BCUT2D eigenvalue weighted by Crippen LogP contribution is -2.26. The monoisotopic (exact) mass is 446 g/mol. The van der Waals surface area contributed by atoms with Crippen LogP contribution in [0.3, 0.4) is 0 Å². The van der Waals surface area contributed by atoms with E-state index in [2.05, 4.69) is 36.4 Å². The molecule has 0 unspecified atom stereocenters.